The third-order valence-electron chi connectivity index (χ3n) is 4.66. The molecule has 0 spiro atoms. The van der Waals surface area contributed by atoms with Crippen LogP contribution in [-0.4, -0.2) is 27.6 Å². The highest BCUT2D eigenvalue weighted by Crippen LogP contribution is 2.30. The number of hydrogen-bond donors (Lipinski definition) is 1. The van der Waals surface area contributed by atoms with Gasteiger partial charge in [-0.2, -0.15) is 4.98 Å². The number of urea groups is 1. The van der Waals surface area contributed by atoms with Crippen molar-refractivity contribution in [2.45, 2.75) is 38.8 Å². The van der Waals surface area contributed by atoms with Gasteiger partial charge in [-0.25, -0.2) is 4.79 Å². The van der Waals surface area contributed by atoms with Gasteiger partial charge >= 0.3 is 6.03 Å². The van der Waals surface area contributed by atoms with E-state index in [1.165, 1.54) is 0 Å². The van der Waals surface area contributed by atoms with Crippen LogP contribution in [0.25, 0.3) is 0 Å². The summed E-state index contributed by atoms with van der Waals surface area (Å²) in [4.78, 5) is 18.9. The van der Waals surface area contributed by atoms with Crippen molar-refractivity contribution in [3.05, 3.63) is 60.1 Å². The van der Waals surface area contributed by atoms with Crippen LogP contribution >= 0.6 is 0 Å². The molecule has 2 amide bonds. The number of piperidine rings is 1. The number of furan rings is 1. The number of hydrogen-bond acceptors (Lipinski definition) is 6. The third kappa shape index (κ3) is 4.16. The van der Waals surface area contributed by atoms with E-state index >= 15 is 0 Å². The van der Waals surface area contributed by atoms with E-state index in [0.717, 1.165) is 25.0 Å². The summed E-state index contributed by atoms with van der Waals surface area (Å²) in [5.74, 6) is 2.52. The monoisotopic (exact) mass is 382 g/mol. The second-order valence-electron chi connectivity index (χ2n) is 6.71. The molecule has 1 fully saturated rings. The minimum atomic E-state index is -0.189. The topological polar surface area (TPSA) is 93.6 Å². The minimum absolute atomic E-state index is 0.176. The van der Waals surface area contributed by atoms with Crippen molar-refractivity contribution in [1.82, 2.24) is 15.0 Å². The van der Waals surface area contributed by atoms with E-state index in [1.54, 1.807) is 18.1 Å². The van der Waals surface area contributed by atoms with Crippen LogP contribution in [0.15, 0.2) is 51.6 Å². The zero-order valence-electron chi connectivity index (χ0n) is 15.6. The van der Waals surface area contributed by atoms with Crippen LogP contribution in [0.3, 0.4) is 0 Å². The molecule has 1 aromatic carbocycles. The van der Waals surface area contributed by atoms with E-state index in [-0.39, 0.29) is 12.1 Å². The van der Waals surface area contributed by atoms with Crippen LogP contribution < -0.4 is 10.1 Å². The Hall–Kier alpha value is -3.29. The van der Waals surface area contributed by atoms with Gasteiger partial charge in [0, 0.05) is 12.2 Å². The molecule has 0 radical (unpaired) electrons. The Balaban J connectivity index is 1.38. The normalized spacial score (nSPS) is 16.8. The summed E-state index contributed by atoms with van der Waals surface area (Å²) in [5.41, 5.74) is 0.696. The molecule has 3 aromatic rings. The van der Waals surface area contributed by atoms with Crippen molar-refractivity contribution in [3.8, 4) is 5.75 Å². The Morgan fingerprint density at radius 2 is 2.14 bits per heavy atom. The quantitative estimate of drug-likeness (QED) is 0.707. The van der Waals surface area contributed by atoms with E-state index in [9.17, 15) is 4.79 Å². The average molecular weight is 382 g/mol. The summed E-state index contributed by atoms with van der Waals surface area (Å²) in [6.07, 6.45) is 4.41. The number of amides is 2. The second kappa shape index (κ2) is 8.16. The maximum atomic E-state index is 12.8. The van der Waals surface area contributed by atoms with Crippen molar-refractivity contribution >= 4 is 11.7 Å². The fraction of sp³-hybridized carbons (Fsp3) is 0.350. The zero-order valence-corrected chi connectivity index (χ0v) is 15.6. The van der Waals surface area contributed by atoms with Gasteiger partial charge in [0.25, 0.3) is 0 Å². The largest absolute Gasteiger partial charge is 0.486 e. The fourth-order valence-corrected chi connectivity index (χ4v) is 3.26. The number of aromatic nitrogens is 2. The third-order valence-corrected chi connectivity index (χ3v) is 4.66. The number of carbonyl (C=O) groups is 1. The molecule has 1 saturated heterocycles. The fourth-order valence-electron chi connectivity index (χ4n) is 3.26. The van der Waals surface area contributed by atoms with Gasteiger partial charge < -0.3 is 23.9 Å². The van der Waals surface area contributed by atoms with E-state index in [1.807, 2.05) is 36.4 Å². The molecule has 8 heteroatoms. The van der Waals surface area contributed by atoms with Crippen molar-refractivity contribution in [2.75, 3.05) is 11.9 Å². The lowest BCUT2D eigenvalue weighted by Crippen LogP contribution is -2.41. The molecule has 1 aliphatic rings. The Bertz CT molecular complexity index is 905. The standard InChI is InChI=1S/C20H22N4O4/c1-14-21-19(28-23-14)18-6-2-3-11-24(18)20(25)22-15-7-9-16(10-8-15)27-13-17-5-4-12-26-17/h4-5,7-10,12,18H,2-3,6,11,13H2,1H3,(H,22,25)/t18-/m1/s1. The maximum absolute atomic E-state index is 12.8. The summed E-state index contributed by atoms with van der Waals surface area (Å²) in [5, 5.41) is 6.79. The van der Waals surface area contributed by atoms with Gasteiger partial charge in [-0.1, -0.05) is 5.16 Å². The van der Waals surface area contributed by atoms with Crippen LogP contribution in [-0.2, 0) is 6.61 Å². The molecule has 8 nitrogen and oxygen atoms in total. The van der Waals surface area contributed by atoms with E-state index in [0.29, 0.717) is 36.3 Å². The number of anilines is 1. The lowest BCUT2D eigenvalue weighted by atomic mass is 10.0. The highest BCUT2D eigenvalue weighted by atomic mass is 16.5. The van der Waals surface area contributed by atoms with Gasteiger partial charge in [-0.15, -0.1) is 0 Å². The predicted octanol–water partition coefficient (Wildman–Crippen LogP) is 4.31. The maximum Gasteiger partial charge on any atom is 0.322 e. The van der Waals surface area contributed by atoms with Gasteiger partial charge in [0.2, 0.25) is 5.89 Å². The van der Waals surface area contributed by atoms with Crippen LogP contribution in [0.5, 0.6) is 5.75 Å². The number of aryl methyl sites for hydroxylation is 1. The Morgan fingerprint density at radius 1 is 1.29 bits per heavy atom. The number of benzene rings is 1. The molecule has 146 valence electrons. The zero-order chi connectivity index (χ0) is 19.3. The number of carbonyl (C=O) groups excluding carboxylic acids is 1. The Labute approximate surface area is 162 Å². The lowest BCUT2D eigenvalue weighted by molar-refractivity contribution is 0.142. The van der Waals surface area contributed by atoms with Crippen LogP contribution in [0, 0.1) is 6.92 Å². The molecule has 1 atom stereocenters. The molecule has 0 unspecified atom stereocenters. The van der Waals surface area contributed by atoms with Gasteiger partial charge in [-0.3, -0.25) is 0 Å². The van der Waals surface area contributed by atoms with E-state index in [2.05, 4.69) is 15.5 Å². The molecule has 4 rings (SSSR count). The van der Waals surface area contributed by atoms with Crippen LogP contribution in [0.4, 0.5) is 10.5 Å². The van der Waals surface area contributed by atoms with E-state index in [4.69, 9.17) is 13.7 Å². The molecule has 3 heterocycles. The lowest BCUT2D eigenvalue weighted by Gasteiger charge is -2.33. The SMILES string of the molecule is Cc1noc([C@H]2CCCCN2C(=O)Nc2ccc(OCc3ccco3)cc2)n1. The average Bonchev–Trinajstić information content (AvgIpc) is 3.39. The van der Waals surface area contributed by atoms with E-state index < -0.39 is 0 Å². The molecule has 2 aromatic heterocycles. The molecule has 0 bridgehead atoms. The molecule has 1 aliphatic heterocycles. The first-order valence-corrected chi connectivity index (χ1v) is 9.32. The first kappa shape index (κ1) is 18.1. The number of likely N-dealkylation sites (tertiary alicyclic amines) is 1. The molecular weight excluding hydrogens is 360 g/mol. The molecule has 28 heavy (non-hydrogen) atoms. The molecule has 0 saturated carbocycles. The minimum Gasteiger partial charge on any atom is -0.486 e. The number of nitrogens with zero attached hydrogens (tertiary/aromatic N) is 3. The van der Waals surface area contributed by atoms with Crippen molar-refractivity contribution in [3.63, 3.8) is 0 Å². The number of ether oxygens (including phenoxy) is 1. The number of nitrogens with one attached hydrogen (secondary N) is 1. The highest BCUT2D eigenvalue weighted by Gasteiger charge is 2.32. The van der Waals surface area contributed by atoms with Crippen LogP contribution in [0.2, 0.25) is 0 Å². The van der Waals surface area contributed by atoms with Crippen molar-refractivity contribution in [2.24, 2.45) is 0 Å². The summed E-state index contributed by atoms with van der Waals surface area (Å²) >= 11 is 0. The highest BCUT2D eigenvalue weighted by molar-refractivity contribution is 5.89. The second-order valence-corrected chi connectivity index (χ2v) is 6.71. The van der Waals surface area contributed by atoms with Crippen molar-refractivity contribution < 1.29 is 18.5 Å². The molecule has 0 aliphatic carbocycles. The summed E-state index contributed by atoms with van der Waals surface area (Å²) < 4.78 is 16.2. The van der Waals surface area contributed by atoms with Gasteiger partial charge in [0.1, 0.15) is 24.2 Å². The van der Waals surface area contributed by atoms with Crippen molar-refractivity contribution in [1.29, 1.82) is 0 Å². The first-order chi connectivity index (χ1) is 13.7. The molecular formula is C20H22N4O4. The van der Waals surface area contributed by atoms with Crippen LogP contribution in [0.1, 0.15) is 42.8 Å². The number of rotatable bonds is 5. The van der Waals surface area contributed by atoms with Gasteiger partial charge in [-0.05, 0) is 62.6 Å². The first-order valence-electron chi connectivity index (χ1n) is 9.32. The Morgan fingerprint density at radius 3 is 2.86 bits per heavy atom. The predicted molar refractivity (Wildman–Crippen MR) is 101 cm³/mol. The summed E-state index contributed by atoms with van der Waals surface area (Å²) in [6.45, 7) is 2.79. The molecule has 1 N–H and O–H groups in total. The van der Waals surface area contributed by atoms with Gasteiger partial charge in [0.05, 0.1) is 6.26 Å². The smallest absolute Gasteiger partial charge is 0.322 e. The summed E-state index contributed by atoms with van der Waals surface area (Å²) in [6, 6.07) is 10.6. The summed E-state index contributed by atoms with van der Waals surface area (Å²) in [7, 11) is 0. The Kier molecular flexibility index (Phi) is 5.27. The van der Waals surface area contributed by atoms with Gasteiger partial charge in [0.15, 0.2) is 5.82 Å².